The van der Waals surface area contributed by atoms with Crippen molar-refractivity contribution in [3.8, 4) is 5.75 Å². The highest BCUT2D eigenvalue weighted by Crippen LogP contribution is 2.23. The molecule has 0 aromatic heterocycles. The van der Waals surface area contributed by atoms with E-state index in [1.165, 1.54) is 0 Å². The molecule has 1 N–H and O–H groups in total. The summed E-state index contributed by atoms with van der Waals surface area (Å²) in [6.45, 7) is 5.42. The van der Waals surface area contributed by atoms with Gasteiger partial charge < -0.3 is 24.6 Å². The molecule has 7 nitrogen and oxygen atoms in total. The number of nitrogens with one attached hydrogen (secondary N) is 1. The first-order chi connectivity index (χ1) is 12.1. The monoisotopic (exact) mass is 368 g/mol. The molecule has 1 aliphatic heterocycles. The van der Waals surface area contributed by atoms with E-state index in [0.717, 1.165) is 17.3 Å². The molecule has 0 atom stereocenters. The maximum atomic E-state index is 11.8. The first-order valence-electron chi connectivity index (χ1n) is 8.28. The Labute approximate surface area is 153 Å². The van der Waals surface area contributed by atoms with Crippen LogP contribution in [0, 0.1) is 0 Å². The minimum absolute atomic E-state index is 0.254. The minimum atomic E-state index is -0.254. The fourth-order valence-corrected chi connectivity index (χ4v) is 2.85. The number of ether oxygens (including phenoxy) is 2. The molecule has 1 aromatic rings. The Morgan fingerprint density at radius 2 is 1.96 bits per heavy atom. The van der Waals surface area contributed by atoms with Crippen LogP contribution in [-0.2, 0) is 11.3 Å². The van der Waals surface area contributed by atoms with E-state index in [1.807, 2.05) is 19.1 Å². The van der Waals surface area contributed by atoms with Gasteiger partial charge in [-0.3, -0.25) is 4.99 Å². The van der Waals surface area contributed by atoms with Gasteiger partial charge >= 0.3 is 6.09 Å². The summed E-state index contributed by atoms with van der Waals surface area (Å²) in [5.74, 6) is 1.53. The number of methoxy groups -OCH3 is 1. The van der Waals surface area contributed by atoms with Crippen molar-refractivity contribution in [2.24, 2.45) is 4.99 Å². The maximum absolute atomic E-state index is 11.8. The van der Waals surface area contributed by atoms with Crippen LogP contribution in [0.25, 0.3) is 0 Å². The highest BCUT2D eigenvalue weighted by Gasteiger charge is 2.23. The lowest BCUT2D eigenvalue weighted by Gasteiger charge is -2.35. The summed E-state index contributed by atoms with van der Waals surface area (Å²) < 4.78 is 10.4. The van der Waals surface area contributed by atoms with Crippen LogP contribution in [0.3, 0.4) is 0 Å². The second-order valence-electron chi connectivity index (χ2n) is 5.53. The SMILES string of the molecule is CCOC(=O)N1CCN(C(=NC)NCc2ccc(Cl)cc2OC)CC1. The van der Waals surface area contributed by atoms with Gasteiger partial charge in [-0.2, -0.15) is 0 Å². The van der Waals surface area contributed by atoms with Crippen LogP contribution in [-0.4, -0.2) is 68.8 Å². The maximum Gasteiger partial charge on any atom is 0.409 e. The quantitative estimate of drug-likeness (QED) is 0.652. The van der Waals surface area contributed by atoms with Crippen molar-refractivity contribution in [3.05, 3.63) is 28.8 Å². The van der Waals surface area contributed by atoms with Gasteiger partial charge in [-0.15, -0.1) is 0 Å². The van der Waals surface area contributed by atoms with Gasteiger partial charge in [0.2, 0.25) is 0 Å². The number of rotatable bonds is 4. The first kappa shape index (κ1) is 19.2. The molecule has 25 heavy (non-hydrogen) atoms. The number of carbonyl (C=O) groups is 1. The summed E-state index contributed by atoms with van der Waals surface area (Å²) in [4.78, 5) is 19.9. The number of guanidine groups is 1. The molecule has 0 saturated carbocycles. The fraction of sp³-hybridized carbons (Fsp3) is 0.529. The summed E-state index contributed by atoms with van der Waals surface area (Å²) in [6.07, 6.45) is -0.254. The van der Waals surface area contributed by atoms with Gasteiger partial charge in [-0.1, -0.05) is 17.7 Å². The van der Waals surface area contributed by atoms with Gasteiger partial charge in [-0.05, 0) is 19.1 Å². The number of nitrogens with zero attached hydrogens (tertiary/aromatic N) is 3. The molecule has 0 spiro atoms. The zero-order chi connectivity index (χ0) is 18.2. The van der Waals surface area contributed by atoms with Crippen LogP contribution in [0.1, 0.15) is 12.5 Å². The molecule has 0 bridgehead atoms. The third-order valence-electron chi connectivity index (χ3n) is 4.00. The van der Waals surface area contributed by atoms with Crippen molar-refractivity contribution in [3.63, 3.8) is 0 Å². The highest BCUT2D eigenvalue weighted by molar-refractivity contribution is 6.30. The van der Waals surface area contributed by atoms with Crippen LogP contribution < -0.4 is 10.1 Å². The average Bonchev–Trinajstić information content (AvgIpc) is 2.63. The molecule has 1 fully saturated rings. The molecule has 1 aromatic carbocycles. The lowest BCUT2D eigenvalue weighted by Crippen LogP contribution is -2.53. The minimum Gasteiger partial charge on any atom is -0.496 e. The van der Waals surface area contributed by atoms with Gasteiger partial charge in [-0.25, -0.2) is 4.79 Å². The normalized spacial score (nSPS) is 15.1. The van der Waals surface area contributed by atoms with Crippen LogP contribution in [0.2, 0.25) is 5.02 Å². The lowest BCUT2D eigenvalue weighted by molar-refractivity contribution is 0.0914. The van der Waals surface area contributed by atoms with Crippen LogP contribution in [0.15, 0.2) is 23.2 Å². The molecule has 0 aliphatic carbocycles. The second-order valence-corrected chi connectivity index (χ2v) is 5.97. The highest BCUT2D eigenvalue weighted by atomic mass is 35.5. The van der Waals surface area contributed by atoms with E-state index in [1.54, 1.807) is 25.1 Å². The zero-order valence-corrected chi connectivity index (χ0v) is 15.7. The van der Waals surface area contributed by atoms with E-state index < -0.39 is 0 Å². The molecule has 1 amide bonds. The number of hydrogen-bond acceptors (Lipinski definition) is 4. The smallest absolute Gasteiger partial charge is 0.409 e. The molecule has 138 valence electrons. The molecule has 0 radical (unpaired) electrons. The molecule has 1 heterocycles. The van der Waals surface area contributed by atoms with Gasteiger partial charge in [0, 0.05) is 50.4 Å². The lowest BCUT2D eigenvalue weighted by atomic mass is 10.2. The van der Waals surface area contributed by atoms with Crippen molar-refractivity contribution in [1.82, 2.24) is 15.1 Å². The standard InChI is InChI=1S/C17H25ClN4O3/c1-4-25-17(23)22-9-7-21(8-10-22)16(19-2)20-12-13-5-6-14(18)11-15(13)24-3/h5-6,11H,4,7-10,12H2,1-3H3,(H,19,20). The Balaban J connectivity index is 1.91. The molecule has 0 unspecified atom stereocenters. The third-order valence-corrected chi connectivity index (χ3v) is 4.24. The average molecular weight is 369 g/mol. The predicted molar refractivity (Wildman–Crippen MR) is 98.4 cm³/mol. The predicted octanol–water partition coefficient (Wildman–Crippen LogP) is 2.20. The Bertz CT molecular complexity index is 616. The van der Waals surface area contributed by atoms with Crippen LogP contribution in [0.4, 0.5) is 4.79 Å². The van der Waals surface area contributed by atoms with E-state index in [2.05, 4.69) is 15.2 Å². The van der Waals surface area contributed by atoms with E-state index in [-0.39, 0.29) is 6.09 Å². The van der Waals surface area contributed by atoms with E-state index in [9.17, 15) is 4.79 Å². The van der Waals surface area contributed by atoms with E-state index >= 15 is 0 Å². The Kier molecular flexibility index (Phi) is 7.18. The summed E-state index contributed by atoms with van der Waals surface area (Å²) in [7, 11) is 3.37. The number of amides is 1. The molecule has 1 saturated heterocycles. The Morgan fingerprint density at radius 1 is 1.28 bits per heavy atom. The largest absolute Gasteiger partial charge is 0.496 e. The first-order valence-corrected chi connectivity index (χ1v) is 8.66. The zero-order valence-electron chi connectivity index (χ0n) is 14.9. The fourth-order valence-electron chi connectivity index (χ4n) is 2.69. The summed E-state index contributed by atoms with van der Waals surface area (Å²) in [5.41, 5.74) is 0.998. The molecule has 8 heteroatoms. The number of piperazine rings is 1. The molecular formula is C17H25ClN4O3. The Hall–Kier alpha value is -2.15. The van der Waals surface area contributed by atoms with Crippen LogP contribution in [0.5, 0.6) is 5.75 Å². The summed E-state index contributed by atoms with van der Waals surface area (Å²) >= 11 is 5.99. The number of aliphatic imine (C=N–C) groups is 1. The van der Waals surface area contributed by atoms with Crippen molar-refractivity contribution < 1.29 is 14.3 Å². The summed E-state index contributed by atoms with van der Waals surface area (Å²) in [5, 5.41) is 3.98. The van der Waals surface area contributed by atoms with E-state index in [0.29, 0.717) is 44.4 Å². The number of benzene rings is 1. The number of halogens is 1. The van der Waals surface area contributed by atoms with Gasteiger partial charge in [0.1, 0.15) is 5.75 Å². The summed E-state index contributed by atoms with van der Waals surface area (Å²) in [6, 6.07) is 5.56. The third kappa shape index (κ3) is 5.16. The molecule has 1 aliphatic rings. The van der Waals surface area contributed by atoms with Crippen molar-refractivity contribution >= 4 is 23.7 Å². The van der Waals surface area contributed by atoms with Crippen molar-refractivity contribution in [2.75, 3.05) is 46.9 Å². The Morgan fingerprint density at radius 3 is 2.56 bits per heavy atom. The number of carbonyl (C=O) groups excluding carboxylic acids is 1. The van der Waals surface area contributed by atoms with Crippen molar-refractivity contribution in [2.45, 2.75) is 13.5 Å². The molecular weight excluding hydrogens is 344 g/mol. The van der Waals surface area contributed by atoms with Crippen LogP contribution >= 0.6 is 11.6 Å². The number of hydrogen-bond donors (Lipinski definition) is 1. The van der Waals surface area contributed by atoms with Gasteiger partial charge in [0.05, 0.1) is 13.7 Å². The van der Waals surface area contributed by atoms with Gasteiger partial charge in [0.15, 0.2) is 5.96 Å². The van der Waals surface area contributed by atoms with Gasteiger partial charge in [0.25, 0.3) is 0 Å². The van der Waals surface area contributed by atoms with E-state index in [4.69, 9.17) is 21.1 Å². The molecule has 2 rings (SSSR count). The second kappa shape index (κ2) is 9.36. The van der Waals surface area contributed by atoms with Crippen molar-refractivity contribution in [1.29, 1.82) is 0 Å². The topological polar surface area (TPSA) is 66.4 Å².